The zero-order valence-corrected chi connectivity index (χ0v) is 14.9. The van der Waals surface area contributed by atoms with E-state index in [0.717, 1.165) is 11.4 Å². The van der Waals surface area contributed by atoms with Crippen LogP contribution in [0.15, 0.2) is 30.3 Å². The van der Waals surface area contributed by atoms with E-state index in [1.165, 1.54) is 16.7 Å². The molecule has 0 bridgehead atoms. The minimum Gasteiger partial charge on any atom is -0.493 e. The standard InChI is InChI=1S/C18H22N2O2S/c1-11-8-12(2)17(13(3)9-11)20-18(23)19-14-6-7-15(21-4)16(10-14)22-5/h6-10H,1-5H3,(H2,19,20,23). The summed E-state index contributed by atoms with van der Waals surface area (Å²) in [6.45, 7) is 6.23. The van der Waals surface area contributed by atoms with Gasteiger partial charge in [-0.05, 0) is 56.2 Å². The lowest BCUT2D eigenvalue weighted by Crippen LogP contribution is -2.20. The van der Waals surface area contributed by atoms with Gasteiger partial charge < -0.3 is 20.1 Å². The number of anilines is 2. The Morgan fingerprint density at radius 1 is 0.870 bits per heavy atom. The molecule has 0 atom stereocenters. The highest BCUT2D eigenvalue weighted by Gasteiger charge is 2.08. The first-order chi connectivity index (χ1) is 10.9. The average molecular weight is 330 g/mol. The van der Waals surface area contributed by atoms with Crippen molar-refractivity contribution < 1.29 is 9.47 Å². The Bertz CT molecular complexity index is 706. The molecule has 2 N–H and O–H groups in total. The maximum Gasteiger partial charge on any atom is 0.175 e. The van der Waals surface area contributed by atoms with Crippen LogP contribution in [0.25, 0.3) is 0 Å². The fourth-order valence-electron chi connectivity index (χ4n) is 2.57. The number of hydrogen-bond donors (Lipinski definition) is 2. The predicted octanol–water partition coefficient (Wildman–Crippen LogP) is 4.44. The Morgan fingerprint density at radius 2 is 1.48 bits per heavy atom. The molecule has 0 fully saturated rings. The van der Waals surface area contributed by atoms with Crippen LogP contribution in [0.3, 0.4) is 0 Å². The van der Waals surface area contributed by atoms with E-state index < -0.39 is 0 Å². The summed E-state index contributed by atoms with van der Waals surface area (Å²) in [5.41, 5.74) is 5.44. The van der Waals surface area contributed by atoms with E-state index in [-0.39, 0.29) is 0 Å². The van der Waals surface area contributed by atoms with Crippen molar-refractivity contribution in [2.75, 3.05) is 24.9 Å². The number of hydrogen-bond acceptors (Lipinski definition) is 3. The van der Waals surface area contributed by atoms with Crippen molar-refractivity contribution in [3.8, 4) is 11.5 Å². The molecular formula is C18H22N2O2S. The zero-order chi connectivity index (χ0) is 17.0. The first-order valence-corrected chi connectivity index (χ1v) is 7.73. The van der Waals surface area contributed by atoms with E-state index in [0.29, 0.717) is 16.6 Å². The quantitative estimate of drug-likeness (QED) is 0.811. The summed E-state index contributed by atoms with van der Waals surface area (Å²) in [6, 6.07) is 9.85. The Labute approximate surface area is 142 Å². The van der Waals surface area contributed by atoms with Gasteiger partial charge >= 0.3 is 0 Å². The molecule has 0 radical (unpaired) electrons. The zero-order valence-electron chi connectivity index (χ0n) is 14.1. The highest BCUT2D eigenvalue weighted by molar-refractivity contribution is 7.80. The molecule has 0 aliphatic rings. The van der Waals surface area contributed by atoms with E-state index in [1.54, 1.807) is 14.2 Å². The highest BCUT2D eigenvalue weighted by Crippen LogP contribution is 2.30. The third-order valence-corrected chi connectivity index (χ3v) is 3.76. The summed E-state index contributed by atoms with van der Waals surface area (Å²) in [5, 5.41) is 6.97. The molecule has 2 aromatic rings. The van der Waals surface area contributed by atoms with Gasteiger partial charge in [-0.1, -0.05) is 17.7 Å². The van der Waals surface area contributed by atoms with Crippen LogP contribution in [-0.2, 0) is 0 Å². The number of thiocarbonyl (C=S) groups is 1. The number of benzene rings is 2. The van der Waals surface area contributed by atoms with Crippen molar-refractivity contribution >= 4 is 28.7 Å². The summed E-state index contributed by atoms with van der Waals surface area (Å²) in [7, 11) is 3.22. The van der Waals surface area contributed by atoms with Crippen molar-refractivity contribution in [1.82, 2.24) is 0 Å². The van der Waals surface area contributed by atoms with Crippen LogP contribution in [0.5, 0.6) is 11.5 Å². The summed E-state index contributed by atoms with van der Waals surface area (Å²) in [4.78, 5) is 0. The molecule has 0 aliphatic heterocycles. The second-order valence-corrected chi connectivity index (χ2v) is 5.83. The van der Waals surface area contributed by atoms with Crippen molar-refractivity contribution in [1.29, 1.82) is 0 Å². The lowest BCUT2D eigenvalue weighted by atomic mass is 10.1. The first kappa shape index (κ1) is 17.1. The van der Waals surface area contributed by atoms with Crippen LogP contribution in [0.4, 0.5) is 11.4 Å². The minimum atomic E-state index is 0.535. The van der Waals surface area contributed by atoms with Gasteiger partial charge in [0.15, 0.2) is 16.6 Å². The van der Waals surface area contributed by atoms with Crippen molar-refractivity contribution in [2.24, 2.45) is 0 Å². The van der Waals surface area contributed by atoms with Crippen LogP contribution >= 0.6 is 12.2 Å². The molecule has 2 rings (SSSR count). The fraction of sp³-hybridized carbons (Fsp3) is 0.278. The first-order valence-electron chi connectivity index (χ1n) is 7.32. The van der Waals surface area contributed by atoms with E-state index in [4.69, 9.17) is 21.7 Å². The van der Waals surface area contributed by atoms with Crippen molar-refractivity contribution in [2.45, 2.75) is 20.8 Å². The van der Waals surface area contributed by atoms with Gasteiger partial charge in [-0.3, -0.25) is 0 Å². The number of aryl methyl sites for hydroxylation is 3. The van der Waals surface area contributed by atoms with Crippen LogP contribution in [0.2, 0.25) is 0 Å². The maximum absolute atomic E-state index is 5.42. The van der Waals surface area contributed by atoms with E-state index in [1.807, 2.05) is 18.2 Å². The smallest absolute Gasteiger partial charge is 0.175 e. The van der Waals surface area contributed by atoms with Crippen LogP contribution in [-0.4, -0.2) is 19.3 Å². The van der Waals surface area contributed by atoms with Crippen LogP contribution in [0, 0.1) is 20.8 Å². The summed E-state index contributed by atoms with van der Waals surface area (Å²) < 4.78 is 10.5. The van der Waals surface area contributed by atoms with Gasteiger partial charge in [-0.2, -0.15) is 0 Å². The molecule has 0 aliphatic carbocycles. The highest BCUT2D eigenvalue weighted by atomic mass is 32.1. The van der Waals surface area contributed by atoms with Gasteiger partial charge in [0.05, 0.1) is 14.2 Å². The summed E-state index contributed by atoms with van der Waals surface area (Å²) in [6.07, 6.45) is 0. The number of methoxy groups -OCH3 is 2. The topological polar surface area (TPSA) is 42.5 Å². The van der Waals surface area contributed by atoms with E-state index >= 15 is 0 Å². The van der Waals surface area contributed by atoms with Gasteiger partial charge in [-0.15, -0.1) is 0 Å². The molecule has 0 saturated heterocycles. The average Bonchev–Trinajstić information content (AvgIpc) is 2.50. The summed E-state index contributed by atoms with van der Waals surface area (Å²) >= 11 is 5.42. The monoisotopic (exact) mass is 330 g/mol. The molecule has 2 aromatic carbocycles. The second kappa shape index (κ2) is 7.33. The molecule has 23 heavy (non-hydrogen) atoms. The minimum absolute atomic E-state index is 0.535. The molecule has 0 aromatic heterocycles. The third-order valence-electron chi connectivity index (χ3n) is 3.56. The second-order valence-electron chi connectivity index (χ2n) is 5.42. The summed E-state index contributed by atoms with van der Waals surface area (Å²) in [5.74, 6) is 1.34. The number of rotatable bonds is 4. The molecule has 0 spiro atoms. The molecule has 0 heterocycles. The van der Waals surface area contributed by atoms with E-state index in [2.05, 4.69) is 43.5 Å². The Kier molecular flexibility index (Phi) is 5.45. The van der Waals surface area contributed by atoms with Crippen molar-refractivity contribution in [3.63, 3.8) is 0 Å². The molecule has 0 saturated carbocycles. The maximum atomic E-state index is 5.42. The third kappa shape index (κ3) is 4.13. The van der Waals surface area contributed by atoms with Gasteiger partial charge in [0, 0.05) is 17.4 Å². The lowest BCUT2D eigenvalue weighted by molar-refractivity contribution is 0.355. The van der Waals surface area contributed by atoms with Gasteiger partial charge in [0.2, 0.25) is 0 Å². The van der Waals surface area contributed by atoms with Crippen LogP contribution < -0.4 is 20.1 Å². The van der Waals surface area contributed by atoms with Gasteiger partial charge in [0.25, 0.3) is 0 Å². The molecule has 5 heteroatoms. The van der Waals surface area contributed by atoms with E-state index in [9.17, 15) is 0 Å². The predicted molar refractivity (Wildman–Crippen MR) is 100 cm³/mol. The molecule has 122 valence electrons. The Hall–Kier alpha value is -2.27. The Balaban J connectivity index is 2.14. The number of nitrogens with one attached hydrogen (secondary N) is 2. The largest absolute Gasteiger partial charge is 0.493 e. The van der Waals surface area contributed by atoms with Gasteiger partial charge in [0.1, 0.15) is 0 Å². The molecule has 0 amide bonds. The van der Waals surface area contributed by atoms with Crippen LogP contribution in [0.1, 0.15) is 16.7 Å². The Morgan fingerprint density at radius 3 is 2.04 bits per heavy atom. The number of ether oxygens (including phenoxy) is 2. The molecule has 4 nitrogen and oxygen atoms in total. The van der Waals surface area contributed by atoms with Gasteiger partial charge in [-0.25, -0.2) is 0 Å². The lowest BCUT2D eigenvalue weighted by Gasteiger charge is -2.16. The van der Waals surface area contributed by atoms with Crippen molar-refractivity contribution in [3.05, 3.63) is 47.0 Å². The fourth-order valence-corrected chi connectivity index (χ4v) is 2.79. The molecular weight excluding hydrogens is 308 g/mol. The molecule has 0 unspecified atom stereocenters. The SMILES string of the molecule is COc1ccc(NC(=S)Nc2c(C)cc(C)cc2C)cc1OC. The normalized spacial score (nSPS) is 10.1.